The number of aryl methyl sites for hydroxylation is 1. The number of carbonyl (C=O) groups is 1. The highest BCUT2D eigenvalue weighted by Gasteiger charge is 2.07. The maximum Gasteiger partial charge on any atom is 0.252 e. The van der Waals surface area contributed by atoms with E-state index in [9.17, 15) is 4.79 Å². The molecule has 4 aromatic rings. The van der Waals surface area contributed by atoms with E-state index in [2.05, 4.69) is 25.7 Å². The van der Waals surface area contributed by atoms with Gasteiger partial charge in [0.2, 0.25) is 0 Å². The van der Waals surface area contributed by atoms with E-state index in [0.29, 0.717) is 24.5 Å². The van der Waals surface area contributed by atoms with E-state index in [0.717, 1.165) is 22.3 Å². The van der Waals surface area contributed by atoms with E-state index in [-0.39, 0.29) is 5.91 Å². The number of hydrogen-bond donors (Lipinski definition) is 2. The Morgan fingerprint density at radius 2 is 2.00 bits per heavy atom. The average molecular weight is 372 g/mol. The van der Waals surface area contributed by atoms with Crippen LogP contribution in [0.2, 0.25) is 0 Å². The van der Waals surface area contributed by atoms with Crippen LogP contribution in [-0.2, 0) is 0 Å². The van der Waals surface area contributed by atoms with E-state index in [4.69, 9.17) is 0 Å². The largest absolute Gasteiger partial charge is 0.383 e. The van der Waals surface area contributed by atoms with Crippen LogP contribution in [-0.4, -0.2) is 38.7 Å². The van der Waals surface area contributed by atoms with Crippen molar-refractivity contribution < 1.29 is 4.79 Å². The van der Waals surface area contributed by atoms with Gasteiger partial charge in [-0.2, -0.15) is 5.10 Å². The van der Waals surface area contributed by atoms with Gasteiger partial charge in [-0.05, 0) is 37.3 Å². The van der Waals surface area contributed by atoms with Gasteiger partial charge in [0.1, 0.15) is 0 Å². The van der Waals surface area contributed by atoms with Crippen molar-refractivity contribution in [2.24, 2.45) is 0 Å². The molecule has 0 unspecified atom stereocenters. The fraction of sp³-hybridized carbons (Fsp3) is 0.143. The summed E-state index contributed by atoms with van der Waals surface area (Å²) in [5.41, 5.74) is 3.44. The van der Waals surface area contributed by atoms with Gasteiger partial charge in [0.05, 0.1) is 11.1 Å². The molecule has 2 N–H and O–H groups in total. The van der Waals surface area contributed by atoms with Gasteiger partial charge in [-0.15, -0.1) is 0 Å². The van der Waals surface area contributed by atoms with Gasteiger partial charge < -0.3 is 10.6 Å². The first kappa shape index (κ1) is 17.7. The Bertz CT molecular complexity index is 1090. The van der Waals surface area contributed by atoms with Crippen LogP contribution in [0.15, 0.2) is 67.1 Å². The van der Waals surface area contributed by atoms with Crippen molar-refractivity contribution in [1.82, 2.24) is 25.1 Å². The summed E-state index contributed by atoms with van der Waals surface area (Å²) in [6.45, 7) is 3.08. The Kier molecular flexibility index (Phi) is 4.97. The Morgan fingerprint density at radius 1 is 1.11 bits per heavy atom. The number of pyridine rings is 2. The van der Waals surface area contributed by atoms with Gasteiger partial charge >= 0.3 is 0 Å². The third-order valence-corrected chi connectivity index (χ3v) is 4.32. The molecule has 1 aromatic carbocycles. The van der Waals surface area contributed by atoms with Crippen molar-refractivity contribution in [2.75, 3.05) is 18.4 Å². The van der Waals surface area contributed by atoms with Gasteiger partial charge in [-0.1, -0.05) is 18.2 Å². The molecule has 0 fully saturated rings. The molecular formula is C21H20N6O. The molecule has 4 rings (SSSR count). The summed E-state index contributed by atoms with van der Waals surface area (Å²) >= 11 is 0. The smallest absolute Gasteiger partial charge is 0.252 e. The van der Waals surface area contributed by atoms with Crippen LogP contribution in [0, 0.1) is 6.92 Å². The second-order valence-electron chi connectivity index (χ2n) is 6.37. The molecule has 140 valence electrons. The standard InChI is InChI=1S/C21H20N6O/c1-15-13-19(17-5-2-3-6-18(17)26-15)22-10-11-23-21(28)16-7-8-20(24-14-16)27-12-4-9-25-27/h2-9,12-14H,10-11H2,1H3,(H,22,26)(H,23,28). The van der Waals surface area contributed by atoms with Crippen LogP contribution in [0.1, 0.15) is 16.1 Å². The second kappa shape index (κ2) is 7.87. The van der Waals surface area contributed by atoms with Crippen LogP contribution in [0.4, 0.5) is 5.69 Å². The summed E-state index contributed by atoms with van der Waals surface area (Å²) in [6.07, 6.45) is 5.04. The number of nitrogens with one attached hydrogen (secondary N) is 2. The van der Waals surface area contributed by atoms with E-state index < -0.39 is 0 Å². The van der Waals surface area contributed by atoms with Gasteiger partial charge in [-0.3, -0.25) is 9.78 Å². The minimum atomic E-state index is -0.155. The summed E-state index contributed by atoms with van der Waals surface area (Å²) in [4.78, 5) is 21.1. The monoisotopic (exact) mass is 372 g/mol. The highest BCUT2D eigenvalue weighted by atomic mass is 16.1. The highest BCUT2D eigenvalue weighted by Crippen LogP contribution is 2.22. The highest BCUT2D eigenvalue weighted by molar-refractivity contribution is 5.94. The number of carbonyl (C=O) groups excluding carboxylic acids is 1. The van der Waals surface area contributed by atoms with Crippen molar-refractivity contribution in [1.29, 1.82) is 0 Å². The molecule has 0 radical (unpaired) electrons. The topological polar surface area (TPSA) is 84.7 Å². The van der Waals surface area contributed by atoms with E-state index in [1.807, 2.05) is 43.3 Å². The quantitative estimate of drug-likeness (QED) is 0.508. The van der Waals surface area contributed by atoms with Crippen molar-refractivity contribution in [3.8, 4) is 5.82 Å². The average Bonchev–Trinajstić information content (AvgIpc) is 3.26. The van der Waals surface area contributed by atoms with Crippen LogP contribution in [0.3, 0.4) is 0 Å². The Morgan fingerprint density at radius 3 is 2.79 bits per heavy atom. The second-order valence-corrected chi connectivity index (χ2v) is 6.37. The van der Waals surface area contributed by atoms with Crippen molar-refractivity contribution in [3.05, 3.63) is 78.4 Å². The molecule has 0 saturated carbocycles. The summed E-state index contributed by atoms with van der Waals surface area (Å²) < 4.78 is 1.65. The van der Waals surface area contributed by atoms with E-state index in [1.165, 1.54) is 0 Å². The first-order valence-corrected chi connectivity index (χ1v) is 9.05. The molecule has 7 nitrogen and oxygen atoms in total. The maximum absolute atomic E-state index is 12.3. The first-order chi connectivity index (χ1) is 13.7. The van der Waals surface area contributed by atoms with E-state index >= 15 is 0 Å². The number of rotatable bonds is 6. The number of para-hydroxylation sites is 1. The zero-order valence-corrected chi connectivity index (χ0v) is 15.5. The summed E-state index contributed by atoms with van der Waals surface area (Å²) in [5, 5.41) is 11.5. The van der Waals surface area contributed by atoms with Gasteiger partial charge in [-0.25, -0.2) is 9.67 Å². The molecule has 7 heteroatoms. The SMILES string of the molecule is Cc1cc(NCCNC(=O)c2ccc(-n3cccn3)nc2)c2ccccc2n1. The number of hydrogen-bond acceptors (Lipinski definition) is 5. The van der Waals surface area contributed by atoms with Gasteiger partial charge in [0, 0.05) is 48.4 Å². The molecule has 1 amide bonds. The molecule has 3 aromatic heterocycles. The molecule has 0 bridgehead atoms. The van der Waals surface area contributed by atoms with Crippen LogP contribution in [0.5, 0.6) is 0 Å². The van der Waals surface area contributed by atoms with E-state index in [1.54, 1.807) is 35.4 Å². The molecular weight excluding hydrogens is 352 g/mol. The molecule has 0 aliphatic carbocycles. The molecule has 28 heavy (non-hydrogen) atoms. The zero-order valence-electron chi connectivity index (χ0n) is 15.5. The van der Waals surface area contributed by atoms with Crippen LogP contribution >= 0.6 is 0 Å². The first-order valence-electron chi connectivity index (χ1n) is 9.05. The lowest BCUT2D eigenvalue weighted by atomic mass is 10.1. The van der Waals surface area contributed by atoms with Crippen molar-refractivity contribution >= 4 is 22.5 Å². The van der Waals surface area contributed by atoms with Crippen LogP contribution in [0.25, 0.3) is 16.7 Å². The number of fused-ring (bicyclic) bond motifs is 1. The molecule has 0 spiro atoms. The lowest BCUT2D eigenvalue weighted by molar-refractivity contribution is 0.0955. The van der Waals surface area contributed by atoms with Gasteiger partial charge in [0.25, 0.3) is 5.91 Å². The molecule has 3 heterocycles. The summed E-state index contributed by atoms with van der Waals surface area (Å²) in [7, 11) is 0. The lowest BCUT2D eigenvalue weighted by Crippen LogP contribution is -2.29. The number of benzene rings is 1. The van der Waals surface area contributed by atoms with Crippen molar-refractivity contribution in [2.45, 2.75) is 6.92 Å². The Balaban J connectivity index is 1.34. The number of anilines is 1. The van der Waals surface area contributed by atoms with Gasteiger partial charge in [0.15, 0.2) is 5.82 Å². The fourth-order valence-electron chi connectivity index (χ4n) is 2.99. The Labute approximate surface area is 162 Å². The lowest BCUT2D eigenvalue weighted by Gasteiger charge is -2.11. The normalized spacial score (nSPS) is 10.8. The van der Waals surface area contributed by atoms with Crippen LogP contribution < -0.4 is 10.6 Å². The Hall–Kier alpha value is -3.74. The number of nitrogens with zero attached hydrogens (tertiary/aromatic N) is 4. The molecule has 0 aliphatic rings. The summed E-state index contributed by atoms with van der Waals surface area (Å²) in [6, 6.07) is 15.4. The summed E-state index contributed by atoms with van der Waals surface area (Å²) in [5.74, 6) is 0.514. The minimum Gasteiger partial charge on any atom is -0.383 e. The number of amides is 1. The molecule has 0 atom stereocenters. The van der Waals surface area contributed by atoms with Crippen molar-refractivity contribution in [3.63, 3.8) is 0 Å². The predicted octanol–water partition coefficient (Wildman–Crippen LogP) is 2.97. The molecule has 0 saturated heterocycles. The fourth-order valence-corrected chi connectivity index (χ4v) is 2.99. The zero-order chi connectivity index (χ0) is 19.3. The maximum atomic E-state index is 12.3. The minimum absolute atomic E-state index is 0.155. The molecule has 0 aliphatic heterocycles. The third-order valence-electron chi connectivity index (χ3n) is 4.32. The third kappa shape index (κ3) is 3.83. The number of aromatic nitrogens is 4. The predicted molar refractivity (Wildman–Crippen MR) is 109 cm³/mol.